The molecule has 8 heteroatoms. The SMILES string of the molecule is C\C=C(/N=C(C)/C=C\C(=C/CCC)C(=O)OC)N1CCOc2cc(C(=O)N3CCCCC3)cnc21. The summed E-state index contributed by atoms with van der Waals surface area (Å²) in [6.45, 7) is 8.48. The molecule has 3 heterocycles. The van der Waals surface area contributed by atoms with Crippen molar-refractivity contribution in [2.45, 2.75) is 52.9 Å². The number of aliphatic imine (C=N–C) groups is 1. The lowest BCUT2D eigenvalue weighted by Crippen LogP contribution is -2.36. The molecule has 0 bridgehead atoms. The molecule has 1 amide bonds. The van der Waals surface area contributed by atoms with Crippen molar-refractivity contribution in [3.8, 4) is 5.75 Å². The van der Waals surface area contributed by atoms with E-state index in [-0.39, 0.29) is 11.9 Å². The molecule has 0 unspecified atom stereocenters. The first-order valence-corrected chi connectivity index (χ1v) is 12.4. The van der Waals surface area contributed by atoms with E-state index in [4.69, 9.17) is 14.5 Å². The van der Waals surface area contributed by atoms with Crippen LogP contribution in [0.25, 0.3) is 0 Å². The van der Waals surface area contributed by atoms with Crippen molar-refractivity contribution in [2.75, 3.05) is 38.3 Å². The fourth-order valence-corrected chi connectivity index (χ4v) is 4.06. The molecule has 3 rings (SSSR count). The highest BCUT2D eigenvalue weighted by molar-refractivity contribution is 5.98. The average molecular weight is 481 g/mol. The second-order valence-electron chi connectivity index (χ2n) is 8.57. The first-order valence-electron chi connectivity index (χ1n) is 12.4. The number of nitrogens with zero attached hydrogens (tertiary/aromatic N) is 4. The third-order valence-electron chi connectivity index (χ3n) is 5.96. The number of aromatic nitrogens is 1. The summed E-state index contributed by atoms with van der Waals surface area (Å²) in [6, 6.07) is 1.79. The highest BCUT2D eigenvalue weighted by Crippen LogP contribution is 2.33. The van der Waals surface area contributed by atoms with Gasteiger partial charge in [-0.2, -0.15) is 0 Å². The number of pyridine rings is 1. The van der Waals surface area contributed by atoms with E-state index < -0.39 is 0 Å². The Morgan fingerprint density at radius 2 is 1.97 bits per heavy atom. The number of anilines is 1. The molecule has 0 aromatic carbocycles. The normalized spacial score (nSPS) is 17.3. The smallest absolute Gasteiger partial charge is 0.337 e. The van der Waals surface area contributed by atoms with Crippen LogP contribution in [0.4, 0.5) is 5.82 Å². The minimum atomic E-state index is -0.366. The van der Waals surface area contributed by atoms with E-state index in [1.807, 2.05) is 35.8 Å². The van der Waals surface area contributed by atoms with Crippen LogP contribution in [-0.2, 0) is 9.53 Å². The highest BCUT2D eigenvalue weighted by atomic mass is 16.5. The number of ether oxygens (including phenoxy) is 2. The summed E-state index contributed by atoms with van der Waals surface area (Å²) in [4.78, 5) is 38.1. The Labute approximate surface area is 208 Å². The van der Waals surface area contributed by atoms with Crippen molar-refractivity contribution in [1.82, 2.24) is 9.88 Å². The molecule has 35 heavy (non-hydrogen) atoms. The van der Waals surface area contributed by atoms with Gasteiger partial charge in [0, 0.05) is 25.0 Å². The van der Waals surface area contributed by atoms with Crippen LogP contribution in [-0.4, -0.2) is 60.8 Å². The predicted octanol–water partition coefficient (Wildman–Crippen LogP) is 4.68. The predicted molar refractivity (Wildman–Crippen MR) is 138 cm³/mol. The molecule has 188 valence electrons. The molecule has 0 aliphatic carbocycles. The van der Waals surface area contributed by atoms with E-state index in [1.165, 1.54) is 13.5 Å². The fraction of sp³-hybridized carbons (Fsp3) is 0.481. The Hall–Kier alpha value is -3.42. The summed E-state index contributed by atoms with van der Waals surface area (Å²) in [7, 11) is 1.38. The number of amides is 1. The third kappa shape index (κ3) is 6.81. The van der Waals surface area contributed by atoms with E-state index in [1.54, 1.807) is 24.4 Å². The molecule has 1 saturated heterocycles. The Kier molecular flexibility index (Phi) is 9.64. The zero-order valence-corrected chi connectivity index (χ0v) is 21.2. The molecule has 0 spiro atoms. The number of fused-ring (bicyclic) bond motifs is 1. The number of allylic oxidation sites excluding steroid dienone is 3. The number of unbranched alkanes of at least 4 members (excludes halogenated alkanes) is 1. The van der Waals surface area contributed by atoms with Gasteiger partial charge in [0.25, 0.3) is 5.91 Å². The summed E-state index contributed by atoms with van der Waals surface area (Å²) in [5.41, 5.74) is 1.79. The van der Waals surface area contributed by atoms with Crippen molar-refractivity contribution in [2.24, 2.45) is 4.99 Å². The van der Waals surface area contributed by atoms with E-state index in [2.05, 4.69) is 11.9 Å². The van der Waals surface area contributed by atoms with Crippen LogP contribution >= 0.6 is 0 Å². The van der Waals surface area contributed by atoms with Gasteiger partial charge >= 0.3 is 5.97 Å². The van der Waals surface area contributed by atoms with Gasteiger partial charge in [0.2, 0.25) is 0 Å². The van der Waals surface area contributed by atoms with Crippen molar-refractivity contribution in [3.05, 3.63) is 53.5 Å². The van der Waals surface area contributed by atoms with Gasteiger partial charge in [-0.3, -0.25) is 4.79 Å². The Balaban J connectivity index is 1.79. The molecule has 8 nitrogen and oxygen atoms in total. The number of carbonyl (C=O) groups is 2. The second kappa shape index (κ2) is 12.9. The van der Waals surface area contributed by atoms with Gasteiger partial charge in [0.1, 0.15) is 12.4 Å². The van der Waals surface area contributed by atoms with E-state index in [0.717, 1.165) is 50.3 Å². The topological polar surface area (TPSA) is 84.3 Å². The van der Waals surface area contributed by atoms with E-state index in [0.29, 0.717) is 35.9 Å². The van der Waals surface area contributed by atoms with Gasteiger partial charge < -0.3 is 19.3 Å². The van der Waals surface area contributed by atoms with Crippen molar-refractivity contribution in [3.63, 3.8) is 0 Å². The van der Waals surface area contributed by atoms with Crippen LogP contribution in [0, 0.1) is 0 Å². The average Bonchev–Trinajstić information content (AvgIpc) is 2.90. The monoisotopic (exact) mass is 480 g/mol. The van der Waals surface area contributed by atoms with Crippen molar-refractivity contribution in [1.29, 1.82) is 0 Å². The first-order chi connectivity index (χ1) is 17.0. The van der Waals surface area contributed by atoms with Crippen LogP contribution in [0.1, 0.15) is 63.2 Å². The number of hydrogen-bond donors (Lipinski definition) is 0. The molecular formula is C27H36N4O4. The zero-order valence-electron chi connectivity index (χ0n) is 21.2. The zero-order chi connectivity index (χ0) is 25.2. The minimum Gasteiger partial charge on any atom is -0.488 e. The maximum absolute atomic E-state index is 12.9. The third-order valence-corrected chi connectivity index (χ3v) is 5.96. The number of methoxy groups -OCH3 is 1. The van der Waals surface area contributed by atoms with Gasteiger partial charge in [0.15, 0.2) is 11.6 Å². The van der Waals surface area contributed by atoms with Gasteiger partial charge in [-0.1, -0.05) is 19.4 Å². The van der Waals surface area contributed by atoms with Gasteiger partial charge in [-0.25, -0.2) is 14.8 Å². The molecular weight excluding hydrogens is 444 g/mol. The summed E-state index contributed by atoms with van der Waals surface area (Å²) < 4.78 is 10.7. The van der Waals surface area contributed by atoms with Crippen molar-refractivity contribution < 1.29 is 19.1 Å². The maximum Gasteiger partial charge on any atom is 0.337 e. The maximum atomic E-state index is 12.9. The second-order valence-corrected chi connectivity index (χ2v) is 8.57. The number of piperidine rings is 1. The van der Waals surface area contributed by atoms with Gasteiger partial charge in [-0.15, -0.1) is 0 Å². The Morgan fingerprint density at radius 3 is 2.66 bits per heavy atom. The molecule has 0 radical (unpaired) electrons. The highest BCUT2D eigenvalue weighted by Gasteiger charge is 2.25. The number of esters is 1. The standard InChI is InChI=1S/C27H36N4O4/c1-5-7-11-21(27(33)34-4)13-12-20(3)29-24(6-2)31-16-17-35-23-18-22(19-28-25(23)31)26(32)30-14-9-8-10-15-30/h6,11-13,18-19H,5,7-10,14-17H2,1-4H3/b13-12-,21-11+,24-6+,29-20+. The van der Waals surface area contributed by atoms with Crippen LogP contribution in [0.15, 0.2) is 53.0 Å². The molecule has 0 saturated carbocycles. The van der Waals surface area contributed by atoms with Crippen LogP contribution < -0.4 is 9.64 Å². The lowest BCUT2D eigenvalue weighted by molar-refractivity contribution is -0.135. The molecule has 0 N–H and O–H groups in total. The molecule has 1 aromatic rings. The number of likely N-dealkylation sites (tertiary alicyclic amines) is 1. The molecule has 2 aliphatic rings. The number of hydrogen-bond acceptors (Lipinski definition) is 7. The molecule has 1 fully saturated rings. The lowest BCUT2D eigenvalue weighted by atomic mass is 10.1. The molecule has 0 atom stereocenters. The summed E-state index contributed by atoms with van der Waals surface area (Å²) in [5, 5.41) is 0. The largest absolute Gasteiger partial charge is 0.488 e. The van der Waals surface area contributed by atoms with Crippen LogP contribution in [0.3, 0.4) is 0 Å². The molecule has 2 aliphatic heterocycles. The quantitative estimate of drug-likeness (QED) is 0.232. The van der Waals surface area contributed by atoms with E-state index >= 15 is 0 Å². The first kappa shape index (κ1) is 26.2. The van der Waals surface area contributed by atoms with Gasteiger partial charge in [-0.05, 0) is 63.8 Å². The van der Waals surface area contributed by atoms with Crippen molar-refractivity contribution >= 4 is 23.4 Å². The van der Waals surface area contributed by atoms with Crippen LogP contribution in [0.2, 0.25) is 0 Å². The summed E-state index contributed by atoms with van der Waals surface area (Å²) in [6.07, 6.45) is 13.9. The molecule has 1 aromatic heterocycles. The Morgan fingerprint density at radius 1 is 1.20 bits per heavy atom. The number of rotatable bonds is 8. The van der Waals surface area contributed by atoms with E-state index in [9.17, 15) is 9.59 Å². The fourth-order valence-electron chi connectivity index (χ4n) is 4.06. The summed E-state index contributed by atoms with van der Waals surface area (Å²) >= 11 is 0. The minimum absolute atomic E-state index is 0.00326. The van der Waals surface area contributed by atoms with Gasteiger partial charge in [0.05, 0.1) is 24.8 Å². The summed E-state index contributed by atoms with van der Waals surface area (Å²) in [5.74, 6) is 1.57. The number of carbonyl (C=O) groups excluding carboxylic acids is 2. The van der Waals surface area contributed by atoms with Crippen LogP contribution in [0.5, 0.6) is 5.75 Å². The lowest BCUT2D eigenvalue weighted by Gasteiger charge is -2.31. The Bertz CT molecular complexity index is 1040.